The number of ether oxygens (including phenoxy) is 1. The van der Waals surface area contributed by atoms with E-state index in [2.05, 4.69) is 15.6 Å². The summed E-state index contributed by atoms with van der Waals surface area (Å²) in [7, 11) is -3.92. The molecule has 3 amide bonds. The third kappa shape index (κ3) is 6.50. The number of rotatable bonds is 11. The van der Waals surface area contributed by atoms with Gasteiger partial charge in [0.15, 0.2) is 11.0 Å². The molecule has 3 atom stereocenters. The van der Waals surface area contributed by atoms with Crippen molar-refractivity contribution < 1.29 is 32.0 Å². The molecule has 0 spiro atoms. The number of oxazole rings is 1. The average molecular weight is 571 g/mol. The zero-order chi connectivity index (χ0) is 28.7. The minimum Gasteiger partial charge on any atom is -0.434 e. The van der Waals surface area contributed by atoms with Crippen LogP contribution in [0, 0.1) is 0 Å². The first-order valence-corrected chi connectivity index (χ1v) is 14.9. The van der Waals surface area contributed by atoms with E-state index in [9.17, 15) is 22.8 Å². The van der Waals surface area contributed by atoms with E-state index in [0.717, 1.165) is 6.42 Å². The van der Waals surface area contributed by atoms with Crippen LogP contribution in [-0.2, 0) is 19.4 Å². The molecule has 0 radical (unpaired) electrons. The van der Waals surface area contributed by atoms with Gasteiger partial charge in [-0.1, -0.05) is 57.0 Å². The van der Waals surface area contributed by atoms with Gasteiger partial charge in [0.1, 0.15) is 11.6 Å². The average Bonchev–Trinajstić information content (AvgIpc) is 3.42. The van der Waals surface area contributed by atoms with Crippen molar-refractivity contribution in [1.82, 2.24) is 20.5 Å². The Balaban J connectivity index is 1.48. The molecule has 2 unspecified atom stereocenters. The van der Waals surface area contributed by atoms with Crippen LogP contribution in [-0.4, -0.2) is 73.2 Å². The molecule has 11 nitrogen and oxygen atoms in total. The molecule has 1 aliphatic heterocycles. The van der Waals surface area contributed by atoms with E-state index in [1.165, 1.54) is 17.0 Å². The Kier molecular flexibility index (Phi) is 9.54. The van der Waals surface area contributed by atoms with E-state index >= 15 is 0 Å². The van der Waals surface area contributed by atoms with Crippen molar-refractivity contribution in [1.29, 1.82) is 0 Å². The van der Waals surface area contributed by atoms with E-state index in [4.69, 9.17) is 9.15 Å². The van der Waals surface area contributed by atoms with Gasteiger partial charge in [0, 0.05) is 6.54 Å². The number of morpholine rings is 1. The van der Waals surface area contributed by atoms with Gasteiger partial charge in [-0.2, -0.15) is 0 Å². The van der Waals surface area contributed by atoms with Crippen molar-refractivity contribution in [3.05, 3.63) is 60.5 Å². The van der Waals surface area contributed by atoms with E-state index in [1.807, 2.05) is 6.92 Å². The Bertz CT molecular complexity index is 1410. The third-order valence-electron chi connectivity index (χ3n) is 6.78. The number of benzene rings is 2. The number of nitrogens with zero attached hydrogens (tertiary/aromatic N) is 2. The molecule has 0 aliphatic carbocycles. The molecule has 4 rings (SSSR count). The van der Waals surface area contributed by atoms with Gasteiger partial charge in [-0.05, 0) is 37.1 Å². The predicted octanol–water partition coefficient (Wildman–Crippen LogP) is 3.31. The van der Waals surface area contributed by atoms with Crippen LogP contribution in [0.15, 0.2) is 63.9 Å². The number of hydrogen-bond donors (Lipinski definition) is 2. The van der Waals surface area contributed by atoms with E-state index < -0.39 is 45.0 Å². The highest BCUT2D eigenvalue weighted by molar-refractivity contribution is 7.92. The summed E-state index contributed by atoms with van der Waals surface area (Å²) in [6.07, 6.45) is 2.06. The molecule has 1 fully saturated rings. The van der Waals surface area contributed by atoms with Crippen LogP contribution in [0.4, 0.5) is 4.79 Å². The molecule has 1 aromatic heterocycles. The number of ketones is 1. The number of carbonyl (C=O) groups is 3. The summed E-state index contributed by atoms with van der Waals surface area (Å²) in [4.78, 5) is 45.4. The van der Waals surface area contributed by atoms with Crippen molar-refractivity contribution in [2.45, 2.75) is 61.9 Å². The number of urea groups is 1. The van der Waals surface area contributed by atoms with E-state index in [0.29, 0.717) is 23.9 Å². The van der Waals surface area contributed by atoms with Crippen LogP contribution >= 0.6 is 0 Å². The van der Waals surface area contributed by atoms with Crippen molar-refractivity contribution >= 4 is 38.7 Å². The number of unbranched alkanes of at least 4 members (excludes halogenated alkanes) is 1. The quantitative estimate of drug-likeness (QED) is 0.334. The van der Waals surface area contributed by atoms with Gasteiger partial charge in [-0.15, -0.1) is 0 Å². The Morgan fingerprint density at radius 1 is 1.02 bits per heavy atom. The van der Waals surface area contributed by atoms with Gasteiger partial charge < -0.3 is 24.7 Å². The highest BCUT2D eigenvalue weighted by atomic mass is 32.2. The van der Waals surface area contributed by atoms with Crippen LogP contribution in [0.2, 0.25) is 0 Å². The molecule has 0 bridgehead atoms. The number of sulfone groups is 1. The maximum atomic E-state index is 13.3. The number of aromatic nitrogens is 1. The normalized spacial score (nSPS) is 17.2. The Morgan fingerprint density at radius 3 is 2.45 bits per heavy atom. The van der Waals surface area contributed by atoms with Gasteiger partial charge in [0.25, 0.3) is 5.89 Å². The van der Waals surface area contributed by atoms with Crippen LogP contribution in [0.25, 0.3) is 11.1 Å². The Morgan fingerprint density at radius 2 is 1.75 bits per heavy atom. The summed E-state index contributed by atoms with van der Waals surface area (Å²) < 4.78 is 37.6. The van der Waals surface area contributed by atoms with Crippen LogP contribution in [0.5, 0.6) is 0 Å². The molecule has 1 saturated heterocycles. The SMILES string of the molecule is CCCC[C@H](NC(=O)C(CC)NC(=O)N1CCOCC1S(=O)(=O)c1ccccc1)C(=O)c1nc2ccccc2o1. The summed E-state index contributed by atoms with van der Waals surface area (Å²) in [5.74, 6) is -1.11. The van der Waals surface area contributed by atoms with E-state index in [-0.39, 0.29) is 37.0 Å². The predicted molar refractivity (Wildman–Crippen MR) is 147 cm³/mol. The van der Waals surface area contributed by atoms with Gasteiger partial charge >= 0.3 is 6.03 Å². The molecule has 214 valence electrons. The first kappa shape index (κ1) is 29.2. The molecule has 40 heavy (non-hydrogen) atoms. The van der Waals surface area contributed by atoms with Crippen LogP contribution in [0.3, 0.4) is 0 Å². The summed E-state index contributed by atoms with van der Waals surface area (Å²) in [5, 5.41) is 4.16. The third-order valence-corrected chi connectivity index (χ3v) is 8.82. The molecular weight excluding hydrogens is 536 g/mol. The maximum absolute atomic E-state index is 13.3. The highest BCUT2D eigenvalue weighted by Gasteiger charge is 2.39. The second-order valence-electron chi connectivity index (χ2n) is 9.55. The lowest BCUT2D eigenvalue weighted by molar-refractivity contribution is -0.123. The minimum absolute atomic E-state index is 0.0376. The van der Waals surface area contributed by atoms with Crippen molar-refractivity contribution in [3.8, 4) is 0 Å². The molecule has 3 aromatic rings. The lowest BCUT2D eigenvalue weighted by atomic mass is 10.0. The molecule has 2 heterocycles. The zero-order valence-electron chi connectivity index (χ0n) is 22.5. The van der Waals surface area contributed by atoms with Gasteiger partial charge in [0.05, 0.1) is 24.2 Å². The summed E-state index contributed by atoms with van der Waals surface area (Å²) in [6.45, 7) is 3.70. The number of amides is 3. The fourth-order valence-electron chi connectivity index (χ4n) is 4.50. The summed E-state index contributed by atoms with van der Waals surface area (Å²) in [5.41, 5.74) is 1.01. The lowest BCUT2D eigenvalue weighted by Gasteiger charge is -2.35. The number of fused-ring (bicyclic) bond motifs is 1. The maximum Gasteiger partial charge on any atom is 0.319 e. The Hall–Kier alpha value is -3.77. The first-order chi connectivity index (χ1) is 19.3. The number of hydrogen-bond acceptors (Lipinski definition) is 8. The van der Waals surface area contributed by atoms with Gasteiger partial charge in [0.2, 0.25) is 21.5 Å². The first-order valence-electron chi connectivity index (χ1n) is 13.4. The van der Waals surface area contributed by atoms with Crippen molar-refractivity contribution in [3.63, 3.8) is 0 Å². The van der Waals surface area contributed by atoms with Crippen LogP contribution in [0.1, 0.15) is 50.2 Å². The zero-order valence-corrected chi connectivity index (χ0v) is 23.4. The van der Waals surface area contributed by atoms with Crippen molar-refractivity contribution in [2.75, 3.05) is 19.8 Å². The molecular formula is C28H34N4O7S. The second-order valence-corrected chi connectivity index (χ2v) is 11.7. The fraction of sp³-hybridized carbons (Fsp3) is 0.429. The van der Waals surface area contributed by atoms with E-state index in [1.54, 1.807) is 49.4 Å². The monoisotopic (exact) mass is 570 g/mol. The molecule has 0 saturated carbocycles. The lowest BCUT2D eigenvalue weighted by Crippen LogP contribution is -2.59. The second kappa shape index (κ2) is 13.1. The number of para-hydroxylation sites is 2. The minimum atomic E-state index is -3.92. The van der Waals surface area contributed by atoms with Gasteiger partial charge in [-0.25, -0.2) is 18.2 Å². The largest absolute Gasteiger partial charge is 0.434 e. The summed E-state index contributed by atoms with van der Waals surface area (Å²) in [6, 6.07) is 12.2. The number of Topliss-reactive ketones (excluding diaryl/α,β-unsaturated/α-hetero) is 1. The molecule has 1 aliphatic rings. The summed E-state index contributed by atoms with van der Waals surface area (Å²) >= 11 is 0. The highest BCUT2D eigenvalue weighted by Crippen LogP contribution is 2.22. The van der Waals surface area contributed by atoms with Crippen molar-refractivity contribution in [2.24, 2.45) is 0 Å². The Labute approximate surface area is 233 Å². The number of nitrogens with one attached hydrogen (secondary N) is 2. The molecule has 2 aromatic carbocycles. The standard InChI is InChI=1S/C28H34N4O7S/c1-3-5-13-22(25(33)27-30-21-14-9-10-15-23(21)39-27)29-26(34)20(4-2)31-28(35)32-16-17-38-18-24(32)40(36,37)19-11-7-6-8-12-19/h6-12,14-15,20,22,24H,3-5,13,16-18H2,1-2H3,(H,29,34)(H,31,35)/t20?,22-,24?/m0/s1. The topological polar surface area (TPSA) is 148 Å². The fourth-order valence-corrected chi connectivity index (χ4v) is 6.16. The molecule has 12 heteroatoms. The smallest absolute Gasteiger partial charge is 0.319 e. The number of carbonyl (C=O) groups excluding carboxylic acids is 3. The van der Waals surface area contributed by atoms with Crippen LogP contribution < -0.4 is 10.6 Å². The van der Waals surface area contributed by atoms with Gasteiger partial charge in [-0.3, -0.25) is 9.59 Å². The molecule has 2 N–H and O–H groups in total.